The first-order chi connectivity index (χ1) is 22.6. The zero-order valence-electron chi connectivity index (χ0n) is 25.6. The topological polar surface area (TPSA) is 51.6 Å². The van der Waals surface area contributed by atoms with E-state index in [1.807, 2.05) is 60.9 Å². The van der Waals surface area contributed by atoms with E-state index in [1.54, 1.807) is 0 Å². The molecule has 0 radical (unpaired) electrons. The summed E-state index contributed by atoms with van der Waals surface area (Å²) in [5, 5.41) is 2.24. The highest BCUT2D eigenvalue weighted by Gasteiger charge is 2.19. The number of para-hydroxylation sites is 2. The van der Waals surface area contributed by atoms with Crippen LogP contribution in [0.1, 0.15) is 11.1 Å². The molecule has 0 N–H and O–H groups in total. The predicted molar refractivity (Wildman–Crippen MR) is 189 cm³/mol. The van der Waals surface area contributed by atoms with Gasteiger partial charge in [-0.3, -0.25) is 9.97 Å². The van der Waals surface area contributed by atoms with Gasteiger partial charge in [0, 0.05) is 45.4 Å². The molecule has 8 aromatic rings. The minimum atomic E-state index is 0.917. The molecule has 0 atom stereocenters. The third kappa shape index (κ3) is 5.00. The second-order valence-corrected chi connectivity index (χ2v) is 11.6. The molecule has 0 fully saturated rings. The molecule has 0 saturated carbocycles. The van der Waals surface area contributed by atoms with Gasteiger partial charge in [-0.15, -0.1) is 0 Å². The molecule has 0 amide bonds. The predicted octanol–water partition coefficient (Wildman–Crippen LogP) is 10.5. The molecule has 0 bridgehead atoms. The summed E-state index contributed by atoms with van der Waals surface area (Å²) in [5.74, 6) is 0. The molecule has 4 aromatic heterocycles. The lowest BCUT2D eigenvalue weighted by Gasteiger charge is -2.20. The van der Waals surface area contributed by atoms with Gasteiger partial charge in [0.2, 0.25) is 0 Å². The highest BCUT2D eigenvalue weighted by Crippen LogP contribution is 2.41. The summed E-state index contributed by atoms with van der Waals surface area (Å²) in [6.07, 6.45) is 3.69. The van der Waals surface area contributed by atoms with Gasteiger partial charge < -0.3 is 0 Å². The van der Waals surface area contributed by atoms with Crippen LogP contribution in [0.3, 0.4) is 0 Å². The lowest BCUT2D eigenvalue weighted by atomic mass is 9.86. The van der Waals surface area contributed by atoms with Crippen LogP contribution in [0.2, 0.25) is 0 Å². The van der Waals surface area contributed by atoms with Gasteiger partial charge in [-0.1, -0.05) is 60.7 Å². The minimum Gasteiger partial charge on any atom is -0.256 e. The van der Waals surface area contributed by atoms with Crippen LogP contribution in [0.4, 0.5) is 0 Å². The van der Waals surface area contributed by atoms with Gasteiger partial charge in [0.05, 0.1) is 33.8 Å². The van der Waals surface area contributed by atoms with E-state index in [-0.39, 0.29) is 0 Å². The summed E-state index contributed by atoms with van der Waals surface area (Å²) in [7, 11) is 0. The van der Waals surface area contributed by atoms with Crippen LogP contribution in [0.25, 0.3) is 78.0 Å². The van der Waals surface area contributed by atoms with E-state index in [9.17, 15) is 0 Å². The Kier molecular flexibility index (Phi) is 6.88. The third-order valence-electron chi connectivity index (χ3n) is 8.78. The molecule has 218 valence electrons. The molecule has 46 heavy (non-hydrogen) atoms. The fraction of sp³-hybridized carbons (Fsp3) is 0.0476. The third-order valence-corrected chi connectivity index (χ3v) is 8.78. The normalized spacial score (nSPS) is 11.3. The molecule has 0 aliphatic rings. The van der Waals surface area contributed by atoms with Gasteiger partial charge in [-0.25, -0.2) is 9.97 Å². The molecule has 0 unspecified atom stereocenters. The highest BCUT2D eigenvalue weighted by molar-refractivity contribution is 5.91. The first-order valence-electron chi connectivity index (χ1n) is 15.5. The molecule has 4 aromatic carbocycles. The fourth-order valence-electron chi connectivity index (χ4n) is 6.32. The van der Waals surface area contributed by atoms with Gasteiger partial charge in [-0.2, -0.15) is 0 Å². The Morgan fingerprint density at radius 1 is 0.370 bits per heavy atom. The Morgan fingerprint density at radius 2 is 0.783 bits per heavy atom. The molecule has 0 aliphatic heterocycles. The van der Waals surface area contributed by atoms with Gasteiger partial charge in [0.1, 0.15) is 0 Å². The molecular formula is C42H30N4. The summed E-state index contributed by atoms with van der Waals surface area (Å²) < 4.78 is 0. The van der Waals surface area contributed by atoms with E-state index >= 15 is 0 Å². The van der Waals surface area contributed by atoms with Gasteiger partial charge >= 0.3 is 0 Å². The van der Waals surface area contributed by atoms with Crippen LogP contribution in [0, 0.1) is 13.8 Å². The van der Waals surface area contributed by atoms with Gasteiger partial charge in [0.25, 0.3) is 0 Å². The molecule has 8 rings (SSSR count). The molecule has 0 aliphatic carbocycles. The Bertz CT molecular complexity index is 2210. The molecule has 4 nitrogen and oxygen atoms in total. The van der Waals surface area contributed by atoms with Crippen molar-refractivity contribution in [2.45, 2.75) is 13.8 Å². The van der Waals surface area contributed by atoms with Crippen LogP contribution in [0.15, 0.2) is 146 Å². The molecule has 0 spiro atoms. The number of nitrogens with zero attached hydrogens (tertiary/aromatic N) is 4. The van der Waals surface area contributed by atoms with Crippen LogP contribution in [0.5, 0.6) is 0 Å². The SMILES string of the molecule is Cc1c(-c2ccc3ccccc3n2)cc(-c2ccccn2)cc1-c1cc(-c2ccccn2)cc(-c2ccc3ccccc3n2)c1C. The summed E-state index contributed by atoms with van der Waals surface area (Å²) in [6, 6.07) is 46.2. The van der Waals surface area contributed by atoms with Crippen LogP contribution < -0.4 is 0 Å². The molecule has 4 heterocycles. The van der Waals surface area contributed by atoms with E-state index in [0.717, 1.165) is 89.1 Å². The van der Waals surface area contributed by atoms with Crippen molar-refractivity contribution in [3.63, 3.8) is 0 Å². The number of benzene rings is 4. The smallest absolute Gasteiger partial charge is 0.0712 e. The minimum absolute atomic E-state index is 0.917. The average Bonchev–Trinajstić information content (AvgIpc) is 3.12. The van der Waals surface area contributed by atoms with E-state index in [4.69, 9.17) is 19.9 Å². The summed E-state index contributed by atoms with van der Waals surface area (Å²) in [6.45, 7) is 4.40. The van der Waals surface area contributed by atoms with E-state index in [0.29, 0.717) is 0 Å². The van der Waals surface area contributed by atoms with Crippen LogP contribution in [-0.2, 0) is 0 Å². The zero-order chi connectivity index (χ0) is 31.0. The van der Waals surface area contributed by atoms with Crippen molar-refractivity contribution in [1.82, 2.24) is 19.9 Å². The maximum atomic E-state index is 5.12. The zero-order valence-corrected chi connectivity index (χ0v) is 25.6. The van der Waals surface area contributed by atoms with Crippen molar-refractivity contribution < 1.29 is 0 Å². The standard InChI is InChI=1S/C42H30N4/c1-27-33(23-31(37-13-7-9-21-43-37)25-35(27)41-19-17-29-11-3-5-15-39(29)45-41)34-24-32(38-14-8-10-22-44-38)26-36(28(34)2)42-20-18-30-12-4-6-16-40(30)46-42/h3-26H,1-2H3. The lowest BCUT2D eigenvalue weighted by Crippen LogP contribution is -1.98. The van der Waals surface area contributed by atoms with Crippen molar-refractivity contribution >= 4 is 21.8 Å². The summed E-state index contributed by atoms with van der Waals surface area (Å²) in [4.78, 5) is 19.7. The average molecular weight is 591 g/mol. The Labute approximate surface area is 268 Å². The van der Waals surface area contributed by atoms with Crippen LogP contribution >= 0.6 is 0 Å². The van der Waals surface area contributed by atoms with E-state index in [1.165, 1.54) is 0 Å². The van der Waals surface area contributed by atoms with Crippen molar-refractivity contribution in [2.75, 3.05) is 0 Å². The number of hydrogen-bond donors (Lipinski definition) is 0. The summed E-state index contributed by atoms with van der Waals surface area (Å²) in [5.41, 5.74) is 14.5. The second-order valence-electron chi connectivity index (χ2n) is 11.6. The quantitative estimate of drug-likeness (QED) is 0.200. The molecule has 4 heteroatoms. The number of hydrogen-bond acceptors (Lipinski definition) is 4. The lowest BCUT2D eigenvalue weighted by molar-refractivity contribution is 1.30. The van der Waals surface area contributed by atoms with Crippen molar-refractivity contribution in [3.8, 4) is 56.2 Å². The van der Waals surface area contributed by atoms with E-state index in [2.05, 4.69) is 98.8 Å². The Balaban J connectivity index is 1.41. The molecule has 0 saturated heterocycles. The van der Waals surface area contributed by atoms with Crippen molar-refractivity contribution in [3.05, 3.63) is 157 Å². The van der Waals surface area contributed by atoms with Crippen LogP contribution in [-0.4, -0.2) is 19.9 Å². The molecular weight excluding hydrogens is 560 g/mol. The number of aromatic nitrogens is 4. The van der Waals surface area contributed by atoms with E-state index < -0.39 is 0 Å². The Morgan fingerprint density at radius 3 is 1.22 bits per heavy atom. The first kappa shape index (κ1) is 27.5. The first-order valence-corrected chi connectivity index (χ1v) is 15.5. The van der Waals surface area contributed by atoms with Crippen molar-refractivity contribution in [2.24, 2.45) is 0 Å². The highest BCUT2D eigenvalue weighted by atomic mass is 14.7. The fourth-order valence-corrected chi connectivity index (χ4v) is 6.32. The number of rotatable bonds is 5. The Hall–Kier alpha value is -6.00. The number of pyridine rings is 4. The maximum Gasteiger partial charge on any atom is 0.0712 e. The number of fused-ring (bicyclic) bond motifs is 2. The second kappa shape index (κ2) is 11.5. The van der Waals surface area contributed by atoms with Crippen molar-refractivity contribution in [1.29, 1.82) is 0 Å². The largest absolute Gasteiger partial charge is 0.256 e. The summed E-state index contributed by atoms with van der Waals surface area (Å²) >= 11 is 0. The monoisotopic (exact) mass is 590 g/mol. The van der Waals surface area contributed by atoms with Gasteiger partial charge in [-0.05, 0) is 109 Å². The van der Waals surface area contributed by atoms with Gasteiger partial charge in [0.15, 0.2) is 0 Å². The maximum absolute atomic E-state index is 5.12.